The van der Waals surface area contributed by atoms with Crippen molar-refractivity contribution in [3.63, 3.8) is 0 Å². The molecule has 0 N–H and O–H groups in total. The van der Waals surface area contributed by atoms with E-state index in [1.165, 1.54) is 13.2 Å². The van der Waals surface area contributed by atoms with Gasteiger partial charge in [0.25, 0.3) is 0 Å². The molecule has 1 saturated heterocycles. The molecular weight excluding hydrogens is 186 g/mol. The first-order valence-corrected chi connectivity index (χ1v) is 4.34. The van der Waals surface area contributed by atoms with Gasteiger partial charge in [-0.3, -0.25) is 4.79 Å². The molecule has 1 fully saturated rings. The quantitative estimate of drug-likeness (QED) is 0.457. The van der Waals surface area contributed by atoms with Crippen LogP contribution in [0.2, 0.25) is 0 Å². The highest BCUT2D eigenvalue weighted by Crippen LogP contribution is 1.98. The Labute approximate surface area is 82.3 Å². The van der Waals surface area contributed by atoms with Gasteiger partial charge in [0, 0.05) is 19.2 Å². The van der Waals surface area contributed by atoms with Gasteiger partial charge in [-0.15, -0.1) is 0 Å². The molecule has 0 bridgehead atoms. The predicted octanol–water partition coefficient (Wildman–Crippen LogP) is -0.426. The Morgan fingerprint density at radius 2 is 2.50 bits per heavy atom. The fraction of sp³-hybridized carbons (Fsp3) is 0.556. The zero-order valence-electron chi connectivity index (χ0n) is 8.06. The Hall–Kier alpha value is -1.36. The van der Waals surface area contributed by atoms with Crippen LogP contribution in [0.1, 0.15) is 0 Å². The number of esters is 1. The van der Waals surface area contributed by atoms with Crippen molar-refractivity contribution in [1.82, 2.24) is 4.90 Å². The number of methoxy groups -OCH3 is 1. The summed E-state index contributed by atoms with van der Waals surface area (Å²) >= 11 is 0. The fourth-order valence-corrected chi connectivity index (χ4v) is 1.09. The van der Waals surface area contributed by atoms with Gasteiger partial charge < -0.3 is 14.4 Å². The number of carbonyl (C=O) groups excluding carboxylic acids is 2. The van der Waals surface area contributed by atoms with Crippen molar-refractivity contribution in [3.8, 4) is 0 Å². The molecule has 1 aliphatic rings. The van der Waals surface area contributed by atoms with Crippen molar-refractivity contribution in [3.05, 3.63) is 12.2 Å². The summed E-state index contributed by atoms with van der Waals surface area (Å²) in [7, 11) is 1.31. The Morgan fingerprint density at radius 3 is 3.14 bits per heavy atom. The summed E-state index contributed by atoms with van der Waals surface area (Å²) in [5, 5.41) is 0. The molecule has 0 aliphatic carbocycles. The van der Waals surface area contributed by atoms with Crippen molar-refractivity contribution in [1.29, 1.82) is 0 Å². The lowest BCUT2D eigenvalue weighted by Crippen LogP contribution is -2.41. The van der Waals surface area contributed by atoms with E-state index in [0.717, 1.165) is 0 Å². The maximum Gasteiger partial charge on any atom is 0.330 e. The molecule has 1 aliphatic heterocycles. The lowest BCUT2D eigenvalue weighted by Gasteiger charge is -2.25. The summed E-state index contributed by atoms with van der Waals surface area (Å²) in [5.41, 5.74) is 0. The number of hydrogen-bond acceptors (Lipinski definition) is 4. The van der Waals surface area contributed by atoms with Gasteiger partial charge in [0.15, 0.2) is 0 Å². The third-order valence-corrected chi connectivity index (χ3v) is 1.86. The molecule has 5 nitrogen and oxygen atoms in total. The minimum absolute atomic E-state index is 0.0502. The normalized spacial score (nSPS) is 17.5. The van der Waals surface area contributed by atoms with Crippen molar-refractivity contribution < 1.29 is 19.1 Å². The molecule has 0 aromatic rings. The zero-order chi connectivity index (χ0) is 10.4. The molecule has 0 atom stereocenters. The van der Waals surface area contributed by atoms with E-state index in [2.05, 4.69) is 4.74 Å². The zero-order valence-corrected chi connectivity index (χ0v) is 8.06. The maximum atomic E-state index is 11.2. The van der Waals surface area contributed by atoms with Crippen LogP contribution < -0.4 is 0 Å². The molecule has 1 amide bonds. The molecule has 0 saturated carbocycles. The number of nitrogens with zero attached hydrogens (tertiary/aromatic N) is 1. The van der Waals surface area contributed by atoms with E-state index in [9.17, 15) is 9.59 Å². The molecule has 0 radical (unpaired) electrons. The Kier molecular flexibility index (Phi) is 4.12. The summed E-state index contributed by atoms with van der Waals surface area (Å²) in [6, 6.07) is 0. The van der Waals surface area contributed by atoms with E-state index in [4.69, 9.17) is 4.74 Å². The topological polar surface area (TPSA) is 55.8 Å². The van der Waals surface area contributed by atoms with Gasteiger partial charge in [0.2, 0.25) is 5.91 Å². The summed E-state index contributed by atoms with van der Waals surface area (Å²) in [5.74, 6) is -0.462. The fourth-order valence-electron chi connectivity index (χ4n) is 1.09. The van der Waals surface area contributed by atoms with Crippen LogP contribution in [-0.4, -0.2) is 50.2 Å². The minimum atomic E-state index is -0.411. The molecule has 0 aromatic carbocycles. The SMILES string of the molecule is COC(=O)/C=C/CN1CCOCC1=O. The van der Waals surface area contributed by atoms with Crippen molar-refractivity contribution in [2.45, 2.75) is 0 Å². The van der Waals surface area contributed by atoms with E-state index < -0.39 is 5.97 Å². The van der Waals surface area contributed by atoms with Gasteiger partial charge in [-0.25, -0.2) is 4.79 Å². The summed E-state index contributed by atoms with van der Waals surface area (Å²) < 4.78 is 9.37. The Balaban J connectivity index is 2.32. The smallest absolute Gasteiger partial charge is 0.330 e. The van der Waals surface area contributed by atoms with Crippen molar-refractivity contribution >= 4 is 11.9 Å². The second kappa shape index (κ2) is 5.39. The molecular formula is C9H13NO4. The average molecular weight is 199 g/mol. The van der Waals surface area contributed by atoms with Crippen LogP contribution in [0.15, 0.2) is 12.2 Å². The summed E-state index contributed by atoms with van der Waals surface area (Å²) in [6.45, 7) is 1.69. The second-order valence-electron chi connectivity index (χ2n) is 2.82. The molecule has 0 aromatic heterocycles. The van der Waals surface area contributed by atoms with Crippen LogP contribution in [0.3, 0.4) is 0 Å². The standard InChI is InChI=1S/C9H13NO4/c1-13-9(12)3-2-4-10-5-6-14-7-8(10)11/h2-3H,4-7H2,1H3/b3-2+. The monoisotopic (exact) mass is 199 g/mol. The van der Waals surface area contributed by atoms with Crippen molar-refractivity contribution in [2.24, 2.45) is 0 Å². The van der Waals surface area contributed by atoms with E-state index in [1.807, 2.05) is 0 Å². The van der Waals surface area contributed by atoms with E-state index in [0.29, 0.717) is 19.7 Å². The van der Waals surface area contributed by atoms with Gasteiger partial charge >= 0.3 is 5.97 Å². The van der Waals surface area contributed by atoms with Gasteiger partial charge in [-0.05, 0) is 0 Å². The lowest BCUT2D eigenvalue weighted by atomic mass is 10.4. The van der Waals surface area contributed by atoms with E-state index in [-0.39, 0.29) is 12.5 Å². The highest BCUT2D eigenvalue weighted by molar-refractivity contribution is 5.82. The van der Waals surface area contributed by atoms with E-state index >= 15 is 0 Å². The Bertz CT molecular complexity index is 249. The average Bonchev–Trinajstić information content (AvgIpc) is 2.20. The first-order chi connectivity index (χ1) is 6.74. The van der Waals surface area contributed by atoms with Crippen LogP contribution >= 0.6 is 0 Å². The molecule has 5 heteroatoms. The molecule has 1 rings (SSSR count). The summed E-state index contributed by atoms with van der Waals surface area (Å²) in [6.07, 6.45) is 2.91. The number of morpholine rings is 1. The lowest BCUT2D eigenvalue weighted by molar-refractivity contribution is -0.142. The first kappa shape index (κ1) is 10.7. The number of rotatable bonds is 3. The molecule has 0 unspecified atom stereocenters. The van der Waals surface area contributed by atoms with Crippen LogP contribution in [0.5, 0.6) is 0 Å². The third kappa shape index (κ3) is 3.18. The maximum absolute atomic E-state index is 11.2. The number of ether oxygens (including phenoxy) is 2. The van der Waals surface area contributed by atoms with Gasteiger partial charge in [-0.1, -0.05) is 6.08 Å². The van der Waals surface area contributed by atoms with Gasteiger partial charge in [0.05, 0.1) is 13.7 Å². The third-order valence-electron chi connectivity index (χ3n) is 1.86. The van der Waals surface area contributed by atoms with Crippen LogP contribution in [0, 0.1) is 0 Å². The number of hydrogen-bond donors (Lipinski definition) is 0. The number of amides is 1. The molecule has 1 heterocycles. The van der Waals surface area contributed by atoms with Gasteiger partial charge in [0.1, 0.15) is 6.61 Å². The molecule has 0 spiro atoms. The van der Waals surface area contributed by atoms with Crippen LogP contribution in [0.4, 0.5) is 0 Å². The number of carbonyl (C=O) groups is 2. The van der Waals surface area contributed by atoms with Crippen molar-refractivity contribution in [2.75, 3.05) is 33.4 Å². The molecule has 78 valence electrons. The largest absolute Gasteiger partial charge is 0.466 e. The minimum Gasteiger partial charge on any atom is -0.466 e. The summed E-state index contributed by atoms with van der Waals surface area (Å²) in [4.78, 5) is 23.5. The van der Waals surface area contributed by atoms with Crippen LogP contribution in [0.25, 0.3) is 0 Å². The first-order valence-electron chi connectivity index (χ1n) is 4.34. The highest BCUT2D eigenvalue weighted by Gasteiger charge is 2.16. The highest BCUT2D eigenvalue weighted by atomic mass is 16.5. The van der Waals surface area contributed by atoms with Crippen LogP contribution in [-0.2, 0) is 19.1 Å². The Morgan fingerprint density at radius 1 is 1.71 bits per heavy atom. The predicted molar refractivity (Wildman–Crippen MR) is 48.6 cm³/mol. The van der Waals surface area contributed by atoms with Gasteiger partial charge in [-0.2, -0.15) is 0 Å². The molecule has 14 heavy (non-hydrogen) atoms. The second-order valence-corrected chi connectivity index (χ2v) is 2.82. The van der Waals surface area contributed by atoms with E-state index in [1.54, 1.807) is 11.0 Å².